The van der Waals surface area contributed by atoms with Crippen molar-refractivity contribution in [2.24, 2.45) is 16.7 Å². The van der Waals surface area contributed by atoms with E-state index in [1.807, 2.05) is 0 Å². The maximum atomic E-state index is 10.5. The van der Waals surface area contributed by atoms with Crippen molar-refractivity contribution in [1.29, 1.82) is 0 Å². The minimum absolute atomic E-state index is 0.148. The SMILES string of the molecule is CC(C)C(C)(C)CC(C)(C)CC=O. The Hall–Kier alpha value is -0.330. The van der Waals surface area contributed by atoms with E-state index in [2.05, 4.69) is 41.5 Å². The van der Waals surface area contributed by atoms with E-state index >= 15 is 0 Å². The van der Waals surface area contributed by atoms with Gasteiger partial charge in [0.1, 0.15) is 6.29 Å². The number of carbonyl (C=O) groups excluding carboxylic acids is 1. The first-order chi connectivity index (χ1) is 5.71. The van der Waals surface area contributed by atoms with E-state index in [9.17, 15) is 4.79 Å². The lowest BCUT2D eigenvalue weighted by Crippen LogP contribution is -2.27. The van der Waals surface area contributed by atoms with Crippen molar-refractivity contribution in [3.05, 3.63) is 0 Å². The lowest BCUT2D eigenvalue weighted by atomic mass is 9.68. The van der Waals surface area contributed by atoms with Crippen molar-refractivity contribution in [2.75, 3.05) is 0 Å². The molecule has 1 nitrogen and oxygen atoms in total. The van der Waals surface area contributed by atoms with Gasteiger partial charge in [-0.1, -0.05) is 41.5 Å². The normalized spacial score (nSPS) is 13.5. The standard InChI is InChI=1S/C12H24O/c1-10(2)12(5,6)9-11(3,4)7-8-13/h8,10H,7,9H2,1-6H3. The molecule has 13 heavy (non-hydrogen) atoms. The van der Waals surface area contributed by atoms with Crippen LogP contribution in [0.1, 0.15) is 54.4 Å². The van der Waals surface area contributed by atoms with E-state index in [-0.39, 0.29) is 5.41 Å². The minimum atomic E-state index is 0.148. The molecule has 0 aromatic rings. The van der Waals surface area contributed by atoms with E-state index in [1.165, 1.54) is 0 Å². The van der Waals surface area contributed by atoms with E-state index in [0.29, 0.717) is 17.8 Å². The quantitative estimate of drug-likeness (QED) is 0.596. The molecular weight excluding hydrogens is 160 g/mol. The van der Waals surface area contributed by atoms with Crippen molar-refractivity contribution in [3.63, 3.8) is 0 Å². The third-order valence-corrected chi connectivity index (χ3v) is 3.13. The average Bonchev–Trinajstić information content (AvgIpc) is 1.83. The van der Waals surface area contributed by atoms with Crippen LogP contribution in [0.2, 0.25) is 0 Å². The van der Waals surface area contributed by atoms with Gasteiger partial charge in [0.15, 0.2) is 0 Å². The number of carbonyl (C=O) groups is 1. The number of hydrogen-bond donors (Lipinski definition) is 0. The van der Waals surface area contributed by atoms with Gasteiger partial charge in [-0.3, -0.25) is 0 Å². The number of aldehydes is 1. The number of rotatable bonds is 5. The van der Waals surface area contributed by atoms with Crippen LogP contribution in [0.15, 0.2) is 0 Å². The smallest absolute Gasteiger partial charge is 0.120 e. The topological polar surface area (TPSA) is 17.1 Å². The molecule has 0 aliphatic rings. The fourth-order valence-corrected chi connectivity index (χ4v) is 1.74. The van der Waals surface area contributed by atoms with Gasteiger partial charge in [-0.05, 0) is 23.2 Å². The molecule has 0 bridgehead atoms. The fourth-order valence-electron chi connectivity index (χ4n) is 1.74. The average molecular weight is 184 g/mol. The summed E-state index contributed by atoms with van der Waals surface area (Å²) in [5.74, 6) is 0.665. The van der Waals surface area contributed by atoms with Gasteiger partial charge in [-0.2, -0.15) is 0 Å². The summed E-state index contributed by atoms with van der Waals surface area (Å²) < 4.78 is 0. The maximum Gasteiger partial charge on any atom is 0.120 e. The van der Waals surface area contributed by atoms with E-state index in [0.717, 1.165) is 12.7 Å². The highest BCUT2D eigenvalue weighted by molar-refractivity contribution is 5.50. The van der Waals surface area contributed by atoms with Crippen molar-refractivity contribution in [1.82, 2.24) is 0 Å². The van der Waals surface area contributed by atoms with Gasteiger partial charge >= 0.3 is 0 Å². The summed E-state index contributed by atoms with van der Waals surface area (Å²) in [4.78, 5) is 10.5. The second-order valence-corrected chi connectivity index (χ2v) is 5.86. The van der Waals surface area contributed by atoms with Crippen LogP contribution in [0.3, 0.4) is 0 Å². The van der Waals surface area contributed by atoms with Gasteiger partial charge in [0.05, 0.1) is 0 Å². The second kappa shape index (κ2) is 4.26. The molecule has 0 rings (SSSR count). The van der Waals surface area contributed by atoms with Gasteiger partial charge in [0.25, 0.3) is 0 Å². The van der Waals surface area contributed by atoms with E-state index in [1.54, 1.807) is 0 Å². The summed E-state index contributed by atoms with van der Waals surface area (Å²) in [5.41, 5.74) is 0.474. The Balaban J connectivity index is 4.32. The summed E-state index contributed by atoms with van der Waals surface area (Å²) >= 11 is 0. The third kappa shape index (κ3) is 4.44. The predicted molar refractivity (Wildman–Crippen MR) is 57.7 cm³/mol. The summed E-state index contributed by atoms with van der Waals surface area (Å²) in [6, 6.07) is 0. The maximum absolute atomic E-state index is 10.5. The van der Waals surface area contributed by atoms with E-state index in [4.69, 9.17) is 0 Å². The molecule has 0 saturated heterocycles. The zero-order chi connectivity index (χ0) is 10.7. The molecule has 0 radical (unpaired) electrons. The van der Waals surface area contributed by atoms with Crippen molar-refractivity contribution >= 4 is 6.29 Å². The van der Waals surface area contributed by atoms with Crippen LogP contribution in [-0.2, 0) is 4.79 Å². The lowest BCUT2D eigenvalue weighted by molar-refractivity contribution is -0.109. The largest absolute Gasteiger partial charge is 0.303 e. The Morgan fingerprint density at radius 3 is 1.92 bits per heavy atom. The molecule has 0 aliphatic carbocycles. The van der Waals surface area contributed by atoms with Crippen LogP contribution < -0.4 is 0 Å². The van der Waals surface area contributed by atoms with Crippen molar-refractivity contribution < 1.29 is 4.79 Å². The summed E-state index contributed by atoms with van der Waals surface area (Å²) in [7, 11) is 0. The fraction of sp³-hybridized carbons (Fsp3) is 0.917. The first-order valence-electron chi connectivity index (χ1n) is 5.15. The molecule has 1 heteroatoms. The molecule has 0 N–H and O–H groups in total. The summed E-state index contributed by atoms with van der Waals surface area (Å²) in [5, 5.41) is 0. The molecule has 0 aromatic carbocycles. The highest BCUT2D eigenvalue weighted by atomic mass is 16.1. The van der Waals surface area contributed by atoms with Gasteiger partial charge < -0.3 is 4.79 Å². The lowest BCUT2D eigenvalue weighted by Gasteiger charge is -2.37. The molecule has 0 unspecified atom stereocenters. The Kier molecular flexibility index (Phi) is 4.15. The van der Waals surface area contributed by atoms with Gasteiger partial charge in [0.2, 0.25) is 0 Å². The second-order valence-electron chi connectivity index (χ2n) is 5.86. The third-order valence-electron chi connectivity index (χ3n) is 3.13. The highest BCUT2D eigenvalue weighted by Crippen LogP contribution is 2.40. The van der Waals surface area contributed by atoms with Gasteiger partial charge in [-0.15, -0.1) is 0 Å². The highest BCUT2D eigenvalue weighted by Gasteiger charge is 2.30. The molecule has 0 fully saturated rings. The predicted octanol–water partition coefficient (Wildman–Crippen LogP) is 3.67. The minimum Gasteiger partial charge on any atom is -0.303 e. The van der Waals surface area contributed by atoms with Crippen LogP contribution in [-0.4, -0.2) is 6.29 Å². The molecule has 0 spiro atoms. The molecular formula is C12H24O. The zero-order valence-corrected chi connectivity index (χ0v) is 9.98. The van der Waals surface area contributed by atoms with Crippen molar-refractivity contribution in [3.8, 4) is 0 Å². The van der Waals surface area contributed by atoms with Crippen LogP contribution >= 0.6 is 0 Å². The van der Waals surface area contributed by atoms with Crippen LogP contribution in [0.4, 0.5) is 0 Å². The first-order valence-corrected chi connectivity index (χ1v) is 5.15. The van der Waals surface area contributed by atoms with Crippen LogP contribution in [0.5, 0.6) is 0 Å². The molecule has 78 valence electrons. The molecule has 0 amide bonds. The summed E-state index contributed by atoms with van der Waals surface area (Å²) in [6.45, 7) is 13.4. The zero-order valence-electron chi connectivity index (χ0n) is 9.98. The van der Waals surface area contributed by atoms with Crippen molar-refractivity contribution in [2.45, 2.75) is 54.4 Å². The summed E-state index contributed by atoms with van der Waals surface area (Å²) in [6.07, 6.45) is 2.82. The Morgan fingerprint density at radius 1 is 1.15 bits per heavy atom. The first kappa shape index (κ1) is 12.7. The molecule has 0 aromatic heterocycles. The van der Waals surface area contributed by atoms with E-state index < -0.39 is 0 Å². The van der Waals surface area contributed by atoms with Gasteiger partial charge in [-0.25, -0.2) is 0 Å². The Bertz CT molecular complexity index is 166. The monoisotopic (exact) mass is 184 g/mol. The molecule has 0 aliphatic heterocycles. The molecule has 0 heterocycles. The number of hydrogen-bond acceptors (Lipinski definition) is 1. The Labute approximate surface area is 82.9 Å². The molecule has 0 atom stereocenters. The van der Waals surface area contributed by atoms with Gasteiger partial charge in [0, 0.05) is 6.42 Å². The Morgan fingerprint density at radius 2 is 1.62 bits per heavy atom. The van der Waals surface area contributed by atoms with Crippen LogP contribution in [0, 0.1) is 16.7 Å². The molecule has 0 saturated carbocycles. The van der Waals surface area contributed by atoms with Crippen LogP contribution in [0.25, 0.3) is 0 Å².